The number of hydrogen-bond donors (Lipinski definition) is 1. The van der Waals surface area contributed by atoms with Crippen molar-refractivity contribution in [1.29, 1.82) is 0 Å². The van der Waals surface area contributed by atoms with Crippen molar-refractivity contribution in [3.8, 4) is 0 Å². The van der Waals surface area contributed by atoms with Crippen LogP contribution in [-0.2, 0) is 33.3 Å². The summed E-state index contributed by atoms with van der Waals surface area (Å²) in [7, 11) is 5.97. The van der Waals surface area contributed by atoms with Gasteiger partial charge >= 0.3 is 17.9 Å². The lowest BCUT2D eigenvalue weighted by molar-refractivity contribution is -0.870. The van der Waals surface area contributed by atoms with Gasteiger partial charge in [-0.1, -0.05) is 267 Å². The lowest BCUT2D eigenvalue weighted by Gasteiger charge is -2.25. The number of carboxylic acids is 1. The van der Waals surface area contributed by atoms with Gasteiger partial charge in [-0.3, -0.25) is 9.59 Å². The highest BCUT2D eigenvalue weighted by Crippen LogP contribution is 2.18. The molecule has 0 rings (SSSR count). The Kier molecular flexibility index (Phi) is 57.3. The van der Waals surface area contributed by atoms with Gasteiger partial charge in [-0.25, -0.2) is 4.79 Å². The predicted octanol–water partition coefficient (Wildman–Crippen LogP) is 19.7. The summed E-state index contributed by atoms with van der Waals surface area (Å²) in [6.45, 7) is 4.75. The molecule has 0 aromatic rings. The molecular weight excluding hydrogens is 971 g/mol. The van der Waals surface area contributed by atoms with Crippen LogP contribution in [0, 0.1) is 0 Å². The van der Waals surface area contributed by atoms with E-state index in [1.54, 1.807) is 0 Å². The monoisotopic (exact) mass is 1090 g/mol. The van der Waals surface area contributed by atoms with Crippen molar-refractivity contribution in [3.63, 3.8) is 0 Å². The van der Waals surface area contributed by atoms with E-state index in [2.05, 4.69) is 86.8 Å². The molecule has 0 aromatic heterocycles. The Morgan fingerprint density at radius 1 is 0.397 bits per heavy atom. The van der Waals surface area contributed by atoms with E-state index in [1.807, 2.05) is 21.1 Å². The largest absolute Gasteiger partial charge is 0.477 e. The molecule has 2 atom stereocenters. The lowest BCUT2D eigenvalue weighted by atomic mass is 10.0. The molecule has 9 heteroatoms. The van der Waals surface area contributed by atoms with E-state index in [0.717, 1.165) is 89.9 Å². The molecular formula is C69H124NO8+. The summed E-state index contributed by atoms with van der Waals surface area (Å²) in [6.07, 6.45) is 76.0. The molecule has 0 spiro atoms. The minimum Gasteiger partial charge on any atom is -0.477 e. The normalized spacial score (nSPS) is 13.2. The second-order valence-corrected chi connectivity index (χ2v) is 23.0. The zero-order valence-electron chi connectivity index (χ0n) is 51.6. The quantitative estimate of drug-likeness (QED) is 0.0211. The molecule has 0 fully saturated rings. The Balaban J connectivity index is 3.90. The van der Waals surface area contributed by atoms with Gasteiger partial charge in [0, 0.05) is 12.8 Å². The van der Waals surface area contributed by atoms with Crippen LogP contribution in [0.25, 0.3) is 0 Å². The number of likely N-dealkylation sites (N-methyl/N-ethyl adjacent to an activating group) is 1. The summed E-state index contributed by atoms with van der Waals surface area (Å²) in [4.78, 5) is 37.4. The molecule has 0 heterocycles. The zero-order valence-corrected chi connectivity index (χ0v) is 51.6. The summed E-state index contributed by atoms with van der Waals surface area (Å²) < 4.78 is 22.9. The molecule has 0 aromatic carbocycles. The van der Waals surface area contributed by atoms with Gasteiger partial charge in [0.15, 0.2) is 6.10 Å². The van der Waals surface area contributed by atoms with Crippen molar-refractivity contribution < 1.29 is 42.9 Å². The Labute approximate surface area is 481 Å². The second-order valence-electron chi connectivity index (χ2n) is 23.0. The number of carbonyl (C=O) groups excluding carboxylic acids is 2. The number of ether oxygens (including phenoxy) is 4. The smallest absolute Gasteiger partial charge is 0.361 e. The number of aliphatic carboxylic acids is 1. The fourth-order valence-electron chi connectivity index (χ4n) is 9.21. The fraction of sp³-hybridized carbons (Fsp3) is 0.783. The first-order valence-corrected chi connectivity index (χ1v) is 32.6. The Bertz CT molecular complexity index is 1510. The van der Waals surface area contributed by atoms with Crippen LogP contribution in [0.5, 0.6) is 0 Å². The van der Waals surface area contributed by atoms with Crippen LogP contribution in [0.15, 0.2) is 72.9 Å². The van der Waals surface area contributed by atoms with Crippen LogP contribution in [-0.4, -0.2) is 87.4 Å². The molecule has 452 valence electrons. The number of carbonyl (C=O) groups is 3. The molecule has 0 bridgehead atoms. The summed E-state index contributed by atoms with van der Waals surface area (Å²) in [5, 5.41) is 9.69. The van der Waals surface area contributed by atoms with Gasteiger partial charge in [0.1, 0.15) is 13.2 Å². The van der Waals surface area contributed by atoms with E-state index in [-0.39, 0.29) is 32.2 Å². The van der Waals surface area contributed by atoms with E-state index < -0.39 is 24.3 Å². The number of rotatable bonds is 60. The van der Waals surface area contributed by atoms with Crippen LogP contribution >= 0.6 is 0 Å². The SMILES string of the molecule is CC/C=C\C/C=C\C/C=C\C/C=C\C/C=C\CCCCCCCCCCCCCCCCCCCCCCCCCCCC(=O)OC(COC(=O)CCCCCCC/C=C\CCCCC)COC(OCC[N+](C)(C)C)C(=O)O. The maximum absolute atomic E-state index is 12.9. The number of esters is 2. The number of allylic oxidation sites excluding steroid dienone is 12. The number of hydrogen-bond acceptors (Lipinski definition) is 7. The van der Waals surface area contributed by atoms with Crippen LogP contribution < -0.4 is 0 Å². The molecule has 9 nitrogen and oxygen atoms in total. The molecule has 1 N–H and O–H groups in total. The molecule has 0 saturated heterocycles. The van der Waals surface area contributed by atoms with Crippen molar-refractivity contribution in [1.82, 2.24) is 0 Å². The average molecular weight is 1100 g/mol. The van der Waals surface area contributed by atoms with Gasteiger partial charge in [-0.05, 0) is 83.5 Å². The van der Waals surface area contributed by atoms with Gasteiger partial charge in [-0.15, -0.1) is 0 Å². The molecule has 2 unspecified atom stereocenters. The Morgan fingerprint density at radius 3 is 1.10 bits per heavy atom. The number of carboxylic acid groups (broad SMARTS) is 1. The molecule has 78 heavy (non-hydrogen) atoms. The Morgan fingerprint density at radius 2 is 0.731 bits per heavy atom. The number of unbranched alkanes of at least 4 members (excludes halogenated alkanes) is 33. The molecule has 0 amide bonds. The molecule has 0 saturated carbocycles. The van der Waals surface area contributed by atoms with Crippen molar-refractivity contribution in [2.75, 3.05) is 47.5 Å². The molecule has 0 radical (unpaired) electrons. The van der Waals surface area contributed by atoms with Crippen LogP contribution in [0.1, 0.15) is 290 Å². The van der Waals surface area contributed by atoms with Crippen LogP contribution in [0.4, 0.5) is 0 Å². The first kappa shape index (κ1) is 74.7. The van der Waals surface area contributed by atoms with Gasteiger partial charge < -0.3 is 28.5 Å². The van der Waals surface area contributed by atoms with Crippen molar-refractivity contribution in [3.05, 3.63) is 72.9 Å². The van der Waals surface area contributed by atoms with E-state index in [9.17, 15) is 19.5 Å². The summed E-state index contributed by atoms with van der Waals surface area (Å²) in [6, 6.07) is 0. The van der Waals surface area contributed by atoms with Gasteiger partial charge in [0.25, 0.3) is 6.29 Å². The van der Waals surface area contributed by atoms with E-state index in [0.29, 0.717) is 17.4 Å². The standard InChI is InChI=1S/C69H123NO8/c1-6-8-10-12-14-16-18-20-21-22-23-24-25-26-27-28-29-30-31-32-33-34-35-36-37-38-39-40-41-42-43-44-45-46-47-48-50-52-54-56-58-60-67(72)78-65(64-77-69(68(73)74)75-62-61-70(3,4)5)63-76-66(71)59-57-55-53-51-49-19-17-15-13-11-9-7-2/h8,10,14-17,20-21,23-24,26-27,65,69H,6-7,9,11-13,18-19,22,25,28-64H2,1-5H3/p+1/b10-8-,16-14-,17-15-,21-20-,24-23-,27-26-. The number of quaternary nitrogens is 1. The zero-order chi connectivity index (χ0) is 56.9. The summed E-state index contributed by atoms with van der Waals surface area (Å²) >= 11 is 0. The third-order valence-electron chi connectivity index (χ3n) is 14.2. The van der Waals surface area contributed by atoms with E-state index >= 15 is 0 Å². The third kappa shape index (κ3) is 60.4. The average Bonchev–Trinajstić information content (AvgIpc) is 3.41. The highest BCUT2D eigenvalue weighted by atomic mass is 16.7. The maximum atomic E-state index is 12.9. The van der Waals surface area contributed by atoms with Crippen molar-refractivity contribution in [2.24, 2.45) is 0 Å². The van der Waals surface area contributed by atoms with Crippen molar-refractivity contribution in [2.45, 2.75) is 302 Å². The van der Waals surface area contributed by atoms with Crippen LogP contribution in [0.2, 0.25) is 0 Å². The van der Waals surface area contributed by atoms with Gasteiger partial charge in [-0.2, -0.15) is 0 Å². The predicted molar refractivity (Wildman–Crippen MR) is 332 cm³/mol. The highest BCUT2D eigenvalue weighted by molar-refractivity contribution is 5.71. The lowest BCUT2D eigenvalue weighted by Crippen LogP contribution is -2.40. The topological polar surface area (TPSA) is 108 Å². The summed E-state index contributed by atoms with van der Waals surface area (Å²) in [5.74, 6) is -2.00. The van der Waals surface area contributed by atoms with E-state index in [1.165, 1.54) is 173 Å². The molecule has 0 aliphatic rings. The number of nitrogens with zero attached hydrogens (tertiary/aromatic N) is 1. The molecule has 0 aliphatic heterocycles. The van der Waals surface area contributed by atoms with Crippen molar-refractivity contribution >= 4 is 17.9 Å². The van der Waals surface area contributed by atoms with Gasteiger partial charge in [0.2, 0.25) is 0 Å². The van der Waals surface area contributed by atoms with Gasteiger partial charge in [0.05, 0.1) is 34.4 Å². The van der Waals surface area contributed by atoms with Crippen LogP contribution in [0.3, 0.4) is 0 Å². The second kappa shape index (κ2) is 59.8. The summed E-state index contributed by atoms with van der Waals surface area (Å²) in [5.41, 5.74) is 0. The minimum atomic E-state index is -1.51. The first-order chi connectivity index (χ1) is 38.1. The Hall–Kier alpha value is -3.27. The fourth-order valence-corrected chi connectivity index (χ4v) is 9.21. The van der Waals surface area contributed by atoms with E-state index in [4.69, 9.17) is 18.9 Å². The maximum Gasteiger partial charge on any atom is 0.361 e. The highest BCUT2D eigenvalue weighted by Gasteiger charge is 2.25. The first-order valence-electron chi connectivity index (χ1n) is 32.6. The molecule has 0 aliphatic carbocycles. The minimum absolute atomic E-state index is 0.184. The third-order valence-corrected chi connectivity index (χ3v) is 14.2.